The topological polar surface area (TPSA) is 174 Å². The van der Waals surface area contributed by atoms with Gasteiger partial charge in [0.15, 0.2) is 11.9 Å². The number of ether oxygens (including phenoxy) is 2. The third-order valence-corrected chi connectivity index (χ3v) is 6.34. The normalized spacial score (nSPS) is 23.3. The molecule has 1 aliphatic heterocycles. The van der Waals surface area contributed by atoms with Crippen molar-refractivity contribution in [3.63, 3.8) is 0 Å². The maximum absolute atomic E-state index is 13.1. The van der Waals surface area contributed by atoms with Crippen LogP contribution in [-0.2, 0) is 22.4 Å². The maximum atomic E-state index is 13.1. The number of aliphatic hydroxyl groups is 3. The van der Waals surface area contributed by atoms with Crippen LogP contribution in [0.25, 0.3) is 6.08 Å². The standard InChI is InChI=1S/C28H32O10/c1-14(2)4-10-18-16(13-21-24(32)25(33)26(34)27(38-21)28(35)36)12-20(37-3)22(23(18)31)19(30)11-7-15-5-8-17(29)9-6-15/h4-9,11-12,21,24-27,29,31-34H,10,13H2,1-3H3,(H,35,36)/b11-7+/t21-,24+,25+,26+,27-/m1/s1. The number of ketones is 1. The Balaban J connectivity index is 2.04. The summed E-state index contributed by atoms with van der Waals surface area (Å²) in [7, 11) is 1.32. The first-order valence-electron chi connectivity index (χ1n) is 11.9. The number of carboxylic acid groups (broad SMARTS) is 1. The van der Waals surface area contributed by atoms with E-state index >= 15 is 0 Å². The van der Waals surface area contributed by atoms with Crippen molar-refractivity contribution in [1.29, 1.82) is 0 Å². The van der Waals surface area contributed by atoms with Gasteiger partial charge in [-0.15, -0.1) is 0 Å². The number of carbonyl (C=O) groups is 2. The van der Waals surface area contributed by atoms with Crippen LogP contribution >= 0.6 is 0 Å². The van der Waals surface area contributed by atoms with E-state index in [4.69, 9.17) is 9.47 Å². The number of carbonyl (C=O) groups excluding carboxylic acids is 1. The summed E-state index contributed by atoms with van der Waals surface area (Å²) in [6, 6.07) is 7.68. The first-order valence-corrected chi connectivity index (χ1v) is 11.9. The zero-order chi connectivity index (χ0) is 28.1. The number of phenolic OH excluding ortho intramolecular Hbond substituents is 2. The molecule has 0 bridgehead atoms. The number of phenols is 2. The number of allylic oxidation sites excluding steroid dienone is 3. The summed E-state index contributed by atoms with van der Waals surface area (Å²) in [4.78, 5) is 24.7. The molecule has 6 N–H and O–H groups in total. The van der Waals surface area contributed by atoms with Crippen LogP contribution in [0, 0.1) is 0 Å². The Morgan fingerprint density at radius 2 is 1.68 bits per heavy atom. The van der Waals surface area contributed by atoms with Crippen molar-refractivity contribution in [3.8, 4) is 17.2 Å². The van der Waals surface area contributed by atoms with Gasteiger partial charge in [0, 0.05) is 12.0 Å². The van der Waals surface area contributed by atoms with Gasteiger partial charge >= 0.3 is 5.97 Å². The molecule has 2 aromatic carbocycles. The van der Waals surface area contributed by atoms with Crippen molar-refractivity contribution in [2.45, 2.75) is 57.2 Å². The molecule has 204 valence electrons. The molecule has 0 spiro atoms. The van der Waals surface area contributed by atoms with Gasteiger partial charge in [-0.3, -0.25) is 4.79 Å². The van der Waals surface area contributed by atoms with Crippen molar-refractivity contribution < 1.29 is 49.7 Å². The Hall–Kier alpha value is -3.70. The third kappa shape index (κ3) is 6.40. The number of aliphatic carboxylic acids is 1. The number of hydrogen-bond donors (Lipinski definition) is 6. The number of hydrogen-bond acceptors (Lipinski definition) is 9. The summed E-state index contributed by atoms with van der Waals surface area (Å²) in [5.41, 5.74) is 2.22. The van der Waals surface area contributed by atoms with Crippen LogP contribution in [0.5, 0.6) is 17.2 Å². The largest absolute Gasteiger partial charge is 0.508 e. The molecule has 0 amide bonds. The first kappa shape index (κ1) is 28.9. The van der Waals surface area contributed by atoms with E-state index in [0.717, 1.165) is 5.57 Å². The summed E-state index contributed by atoms with van der Waals surface area (Å²) in [6.45, 7) is 3.71. The molecule has 1 heterocycles. The number of benzene rings is 2. The average Bonchev–Trinajstić information content (AvgIpc) is 2.87. The van der Waals surface area contributed by atoms with Crippen LogP contribution in [0.1, 0.15) is 40.9 Å². The highest BCUT2D eigenvalue weighted by atomic mass is 16.6. The summed E-state index contributed by atoms with van der Waals surface area (Å²) < 4.78 is 10.8. The van der Waals surface area contributed by atoms with E-state index in [-0.39, 0.29) is 35.7 Å². The zero-order valence-corrected chi connectivity index (χ0v) is 21.2. The molecule has 38 heavy (non-hydrogen) atoms. The Morgan fingerprint density at radius 1 is 1.03 bits per heavy atom. The highest BCUT2D eigenvalue weighted by Gasteiger charge is 2.47. The van der Waals surface area contributed by atoms with Crippen molar-refractivity contribution in [2.24, 2.45) is 0 Å². The summed E-state index contributed by atoms with van der Waals surface area (Å²) >= 11 is 0. The Kier molecular flexibility index (Phi) is 9.29. The van der Waals surface area contributed by atoms with E-state index < -0.39 is 42.3 Å². The second-order valence-electron chi connectivity index (χ2n) is 9.32. The summed E-state index contributed by atoms with van der Waals surface area (Å²) in [6.07, 6.45) is -3.55. The zero-order valence-electron chi connectivity index (χ0n) is 21.2. The lowest BCUT2D eigenvalue weighted by atomic mass is 9.87. The van der Waals surface area contributed by atoms with Gasteiger partial charge in [-0.05, 0) is 55.7 Å². The summed E-state index contributed by atoms with van der Waals surface area (Å²) in [5.74, 6) is -2.27. The fourth-order valence-corrected chi connectivity index (χ4v) is 4.23. The quantitative estimate of drug-likeness (QED) is 0.160. The lowest BCUT2D eigenvalue weighted by Crippen LogP contribution is -2.60. The van der Waals surface area contributed by atoms with Gasteiger partial charge in [-0.25, -0.2) is 4.79 Å². The fraction of sp³-hybridized carbons (Fsp3) is 0.357. The van der Waals surface area contributed by atoms with Gasteiger partial charge < -0.3 is 40.1 Å². The fourth-order valence-electron chi connectivity index (χ4n) is 4.23. The molecule has 3 rings (SSSR count). The van der Waals surface area contributed by atoms with Gasteiger partial charge in [0.2, 0.25) is 0 Å². The number of aromatic hydroxyl groups is 2. The lowest BCUT2D eigenvalue weighted by molar-refractivity contribution is -0.227. The monoisotopic (exact) mass is 528 g/mol. The van der Waals surface area contributed by atoms with E-state index in [9.17, 15) is 40.2 Å². The molecule has 5 atom stereocenters. The highest BCUT2D eigenvalue weighted by Crippen LogP contribution is 2.38. The van der Waals surface area contributed by atoms with Gasteiger partial charge in [-0.2, -0.15) is 0 Å². The van der Waals surface area contributed by atoms with Gasteiger partial charge in [0.1, 0.15) is 41.1 Å². The summed E-state index contributed by atoms with van der Waals surface area (Å²) in [5, 5.41) is 60.7. The molecule has 0 aliphatic carbocycles. The highest BCUT2D eigenvalue weighted by molar-refractivity contribution is 6.11. The number of aliphatic hydroxyl groups excluding tert-OH is 3. The van der Waals surface area contributed by atoms with Crippen LogP contribution in [0.15, 0.2) is 48.1 Å². The predicted molar refractivity (Wildman–Crippen MR) is 137 cm³/mol. The van der Waals surface area contributed by atoms with Crippen molar-refractivity contribution in [2.75, 3.05) is 7.11 Å². The molecule has 1 aliphatic rings. The van der Waals surface area contributed by atoms with Crippen LogP contribution in [0.3, 0.4) is 0 Å². The van der Waals surface area contributed by atoms with Gasteiger partial charge in [-0.1, -0.05) is 29.9 Å². The van der Waals surface area contributed by atoms with Gasteiger partial charge in [0.25, 0.3) is 0 Å². The second kappa shape index (κ2) is 12.2. The van der Waals surface area contributed by atoms with Crippen molar-refractivity contribution in [1.82, 2.24) is 0 Å². The number of rotatable bonds is 9. The first-order chi connectivity index (χ1) is 17.9. The SMILES string of the molecule is COc1cc(C[C@H]2O[C@@H](C(=O)O)[C@@H](O)[C@@H](O)[C@H]2O)c(CC=C(C)C)c(O)c1C(=O)/C=C/c1ccc(O)cc1. The molecule has 0 radical (unpaired) electrons. The van der Waals surface area contributed by atoms with Crippen LogP contribution in [-0.4, -0.2) is 80.0 Å². The van der Waals surface area contributed by atoms with E-state index in [1.54, 1.807) is 12.1 Å². The molecular weight excluding hydrogens is 496 g/mol. The minimum Gasteiger partial charge on any atom is -0.508 e. The number of carboxylic acids is 1. The molecule has 1 fully saturated rings. The molecule has 0 unspecified atom stereocenters. The second-order valence-corrected chi connectivity index (χ2v) is 9.32. The Morgan fingerprint density at radius 3 is 2.26 bits per heavy atom. The van der Waals surface area contributed by atoms with E-state index in [1.807, 2.05) is 19.9 Å². The Bertz CT molecular complexity index is 1230. The molecule has 0 saturated carbocycles. The van der Waals surface area contributed by atoms with E-state index in [2.05, 4.69) is 0 Å². The molecule has 10 heteroatoms. The molecule has 10 nitrogen and oxygen atoms in total. The van der Waals surface area contributed by atoms with Gasteiger partial charge in [0.05, 0.1) is 13.2 Å². The third-order valence-electron chi connectivity index (χ3n) is 6.34. The van der Waals surface area contributed by atoms with Crippen LogP contribution in [0.2, 0.25) is 0 Å². The lowest BCUT2D eigenvalue weighted by Gasteiger charge is -2.39. The van der Waals surface area contributed by atoms with E-state index in [1.165, 1.54) is 37.5 Å². The number of methoxy groups -OCH3 is 1. The van der Waals surface area contributed by atoms with Crippen LogP contribution in [0.4, 0.5) is 0 Å². The smallest absolute Gasteiger partial charge is 0.335 e. The van der Waals surface area contributed by atoms with E-state index in [0.29, 0.717) is 16.7 Å². The maximum Gasteiger partial charge on any atom is 0.335 e. The molecular formula is C28H32O10. The minimum absolute atomic E-state index is 0.0412. The average molecular weight is 529 g/mol. The van der Waals surface area contributed by atoms with Crippen molar-refractivity contribution >= 4 is 17.8 Å². The minimum atomic E-state index is -1.83. The van der Waals surface area contributed by atoms with Crippen molar-refractivity contribution in [3.05, 3.63) is 70.3 Å². The van der Waals surface area contributed by atoms with Crippen LogP contribution < -0.4 is 4.74 Å². The Labute approximate surface area is 219 Å². The predicted octanol–water partition coefficient (Wildman–Crippen LogP) is 1.99. The molecule has 0 aromatic heterocycles. The molecule has 2 aromatic rings. The molecule has 1 saturated heterocycles.